The zero-order valence-corrected chi connectivity index (χ0v) is 13.9. The zero-order valence-electron chi connectivity index (χ0n) is 13.9. The van der Waals surface area contributed by atoms with Crippen molar-refractivity contribution in [3.63, 3.8) is 0 Å². The first-order valence-electron chi connectivity index (χ1n) is 8.23. The molecule has 2 aromatic rings. The molecule has 1 atom stereocenters. The Kier molecular flexibility index (Phi) is 5.17. The van der Waals surface area contributed by atoms with Crippen molar-refractivity contribution in [1.29, 1.82) is 0 Å². The van der Waals surface area contributed by atoms with Crippen LogP contribution in [0.5, 0.6) is 0 Å². The number of amides is 1. The highest BCUT2D eigenvalue weighted by molar-refractivity contribution is 5.78. The van der Waals surface area contributed by atoms with Crippen LogP contribution in [0.25, 0.3) is 5.69 Å². The first-order valence-corrected chi connectivity index (χ1v) is 8.23. The Morgan fingerprint density at radius 1 is 1.21 bits per heavy atom. The Labute approximate surface area is 141 Å². The van der Waals surface area contributed by atoms with Gasteiger partial charge in [-0.1, -0.05) is 25.1 Å². The SMILES string of the molecule is CC(CN)C(=O)N1CCN(Cc2nnnn2-c2ccccc2)CC1. The van der Waals surface area contributed by atoms with Crippen molar-refractivity contribution < 1.29 is 4.79 Å². The molecule has 8 heteroatoms. The molecule has 1 saturated heterocycles. The highest BCUT2D eigenvalue weighted by atomic mass is 16.2. The van der Waals surface area contributed by atoms with E-state index in [1.54, 1.807) is 4.68 Å². The van der Waals surface area contributed by atoms with Gasteiger partial charge in [0.2, 0.25) is 5.91 Å². The van der Waals surface area contributed by atoms with Gasteiger partial charge in [-0.3, -0.25) is 9.69 Å². The van der Waals surface area contributed by atoms with Crippen LogP contribution in [0.1, 0.15) is 12.7 Å². The zero-order chi connectivity index (χ0) is 16.9. The van der Waals surface area contributed by atoms with Crippen molar-refractivity contribution in [3.8, 4) is 5.69 Å². The Bertz CT molecular complexity index is 664. The number of hydrogen-bond acceptors (Lipinski definition) is 6. The molecule has 1 amide bonds. The number of para-hydroxylation sites is 1. The van der Waals surface area contributed by atoms with Gasteiger partial charge < -0.3 is 10.6 Å². The van der Waals surface area contributed by atoms with E-state index in [-0.39, 0.29) is 11.8 Å². The molecular weight excluding hydrogens is 306 g/mol. The lowest BCUT2D eigenvalue weighted by Crippen LogP contribution is -2.50. The molecule has 0 bridgehead atoms. The van der Waals surface area contributed by atoms with Gasteiger partial charge in [0.1, 0.15) is 0 Å². The lowest BCUT2D eigenvalue weighted by molar-refractivity contribution is -0.136. The number of tetrazole rings is 1. The highest BCUT2D eigenvalue weighted by Gasteiger charge is 2.25. The molecule has 1 unspecified atom stereocenters. The summed E-state index contributed by atoms with van der Waals surface area (Å²) in [6, 6.07) is 9.84. The molecule has 1 aliphatic heterocycles. The molecule has 0 saturated carbocycles. The summed E-state index contributed by atoms with van der Waals surface area (Å²) in [7, 11) is 0. The maximum Gasteiger partial charge on any atom is 0.226 e. The van der Waals surface area contributed by atoms with Crippen molar-refractivity contribution in [3.05, 3.63) is 36.2 Å². The fourth-order valence-electron chi connectivity index (χ4n) is 2.81. The third kappa shape index (κ3) is 3.60. The first kappa shape index (κ1) is 16.5. The van der Waals surface area contributed by atoms with Crippen LogP contribution in [0.2, 0.25) is 0 Å². The first-order chi connectivity index (χ1) is 11.7. The molecule has 24 heavy (non-hydrogen) atoms. The van der Waals surface area contributed by atoms with Gasteiger partial charge in [-0.2, -0.15) is 4.68 Å². The average molecular weight is 329 g/mol. The molecule has 1 aromatic carbocycles. The van der Waals surface area contributed by atoms with Gasteiger partial charge in [0.05, 0.1) is 12.2 Å². The minimum absolute atomic E-state index is 0.109. The summed E-state index contributed by atoms with van der Waals surface area (Å²) < 4.78 is 1.76. The van der Waals surface area contributed by atoms with Crippen molar-refractivity contribution in [1.82, 2.24) is 30.0 Å². The Morgan fingerprint density at radius 3 is 2.58 bits per heavy atom. The van der Waals surface area contributed by atoms with Gasteiger partial charge in [0, 0.05) is 38.6 Å². The van der Waals surface area contributed by atoms with Crippen molar-refractivity contribution in [2.24, 2.45) is 11.7 Å². The number of piperazine rings is 1. The second-order valence-electron chi connectivity index (χ2n) is 6.08. The van der Waals surface area contributed by atoms with E-state index in [1.807, 2.05) is 42.2 Å². The van der Waals surface area contributed by atoms with E-state index in [1.165, 1.54) is 0 Å². The van der Waals surface area contributed by atoms with Crippen LogP contribution in [0.15, 0.2) is 30.3 Å². The molecule has 1 fully saturated rings. The molecule has 2 heterocycles. The standard InChI is InChI=1S/C16H23N7O/c1-13(11-17)16(24)22-9-7-21(8-10-22)12-15-18-19-20-23(15)14-5-3-2-4-6-14/h2-6,13H,7-12,17H2,1H3. The Morgan fingerprint density at radius 2 is 1.92 bits per heavy atom. The molecule has 0 spiro atoms. The summed E-state index contributed by atoms with van der Waals surface area (Å²) in [5.74, 6) is 0.838. The van der Waals surface area contributed by atoms with E-state index >= 15 is 0 Å². The molecule has 1 aliphatic rings. The number of benzene rings is 1. The number of nitrogens with zero attached hydrogens (tertiary/aromatic N) is 6. The van der Waals surface area contributed by atoms with Crippen molar-refractivity contribution in [2.45, 2.75) is 13.5 Å². The molecule has 1 aromatic heterocycles. The quantitative estimate of drug-likeness (QED) is 0.823. The second kappa shape index (κ2) is 7.50. The summed E-state index contributed by atoms with van der Waals surface area (Å²) in [6.45, 7) is 5.99. The molecule has 2 N–H and O–H groups in total. The molecule has 8 nitrogen and oxygen atoms in total. The Hall–Kier alpha value is -2.32. The monoisotopic (exact) mass is 329 g/mol. The van der Waals surface area contributed by atoms with Gasteiger partial charge in [-0.15, -0.1) is 5.10 Å². The summed E-state index contributed by atoms with van der Waals surface area (Å²) in [4.78, 5) is 16.3. The lowest BCUT2D eigenvalue weighted by Gasteiger charge is -2.35. The van der Waals surface area contributed by atoms with E-state index in [0.29, 0.717) is 13.1 Å². The third-order valence-corrected chi connectivity index (χ3v) is 4.36. The molecule has 0 aliphatic carbocycles. The number of carbonyl (C=O) groups is 1. The van der Waals surface area contributed by atoms with Gasteiger partial charge in [-0.05, 0) is 22.6 Å². The van der Waals surface area contributed by atoms with Crippen molar-refractivity contribution in [2.75, 3.05) is 32.7 Å². The van der Waals surface area contributed by atoms with Crippen LogP contribution in [0.4, 0.5) is 0 Å². The maximum atomic E-state index is 12.2. The van der Waals surface area contributed by atoms with E-state index in [9.17, 15) is 4.79 Å². The third-order valence-electron chi connectivity index (χ3n) is 4.36. The molecule has 3 rings (SSSR count). The van der Waals surface area contributed by atoms with E-state index in [0.717, 1.165) is 37.7 Å². The number of nitrogens with two attached hydrogens (primary N) is 1. The van der Waals surface area contributed by atoms with E-state index in [2.05, 4.69) is 20.4 Å². The summed E-state index contributed by atoms with van der Waals surface area (Å²) in [6.07, 6.45) is 0. The molecular formula is C16H23N7O. The van der Waals surface area contributed by atoms with Gasteiger partial charge in [0.15, 0.2) is 5.82 Å². The largest absolute Gasteiger partial charge is 0.340 e. The van der Waals surface area contributed by atoms with Gasteiger partial charge in [-0.25, -0.2) is 0 Å². The number of rotatable bonds is 5. The van der Waals surface area contributed by atoms with E-state index in [4.69, 9.17) is 5.73 Å². The van der Waals surface area contributed by atoms with Gasteiger partial charge >= 0.3 is 0 Å². The number of hydrogen-bond donors (Lipinski definition) is 1. The second-order valence-corrected chi connectivity index (χ2v) is 6.08. The number of aromatic nitrogens is 4. The van der Waals surface area contributed by atoms with Crippen LogP contribution in [0.3, 0.4) is 0 Å². The smallest absolute Gasteiger partial charge is 0.226 e. The predicted molar refractivity (Wildman–Crippen MR) is 89.2 cm³/mol. The Balaban J connectivity index is 1.60. The van der Waals surface area contributed by atoms with Crippen molar-refractivity contribution >= 4 is 5.91 Å². The van der Waals surface area contributed by atoms with Crippen LogP contribution >= 0.6 is 0 Å². The molecule has 128 valence electrons. The summed E-state index contributed by atoms with van der Waals surface area (Å²) in [5.41, 5.74) is 6.53. The fourth-order valence-corrected chi connectivity index (χ4v) is 2.81. The average Bonchev–Trinajstić information content (AvgIpc) is 3.10. The molecule has 0 radical (unpaired) electrons. The normalized spacial score (nSPS) is 17.0. The summed E-state index contributed by atoms with van der Waals surface area (Å²) >= 11 is 0. The van der Waals surface area contributed by atoms with Crippen LogP contribution in [-0.2, 0) is 11.3 Å². The summed E-state index contributed by atoms with van der Waals surface area (Å²) in [5, 5.41) is 12.0. The van der Waals surface area contributed by atoms with Crippen LogP contribution in [0, 0.1) is 5.92 Å². The highest BCUT2D eigenvalue weighted by Crippen LogP contribution is 2.12. The van der Waals surface area contributed by atoms with E-state index < -0.39 is 0 Å². The minimum atomic E-state index is -0.109. The fraction of sp³-hybridized carbons (Fsp3) is 0.500. The predicted octanol–water partition coefficient (Wildman–Crippen LogP) is -0.0987. The minimum Gasteiger partial charge on any atom is -0.340 e. The van der Waals surface area contributed by atoms with Gasteiger partial charge in [0.25, 0.3) is 0 Å². The lowest BCUT2D eigenvalue weighted by atomic mass is 10.1. The van der Waals surface area contributed by atoms with Crippen LogP contribution in [-0.4, -0.2) is 68.6 Å². The number of carbonyl (C=O) groups excluding carboxylic acids is 1. The maximum absolute atomic E-state index is 12.2. The topological polar surface area (TPSA) is 93.2 Å². The van der Waals surface area contributed by atoms with Crippen LogP contribution < -0.4 is 5.73 Å².